The molecule has 3 nitrogen and oxygen atoms in total. The SMILES string of the molecule is Cc1ccc(-n2cc(C(C)(C)N)c(=O)cc2C)c(C)c1. The molecule has 0 spiro atoms. The molecule has 2 N–H and O–H groups in total. The van der Waals surface area contributed by atoms with Crippen LogP contribution in [0.1, 0.15) is 36.2 Å². The fraction of sp³-hybridized carbons (Fsp3) is 0.353. The molecular weight excluding hydrogens is 248 g/mol. The predicted octanol–water partition coefficient (Wildman–Crippen LogP) is 2.96. The fourth-order valence-corrected chi connectivity index (χ4v) is 2.45. The lowest BCUT2D eigenvalue weighted by Crippen LogP contribution is -2.35. The van der Waals surface area contributed by atoms with Gasteiger partial charge in [-0.15, -0.1) is 0 Å². The number of aromatic nitrogens is 1. The first-order chi connectivity index (χ1) is 9.20. The maximum Gasteiger partial charge on any atom is 0.186 e. The molecule has 0 saturated heterocycles. The van der Waals surface area contributed by atoms with Crippen LogP contribution in [-0.4, -0.2) is 4.57 Å². The molecule has 0 aliphatic heterocycles. The predicted molar refractivity (Wildman–Crippen MR) is 83.5 cm³/mol. The smallest absolute Gasteiger partial charge is 0.186 e. The average molecular weight is 270 g/mol. The molecule has 2 aromatic rings. The van der Waals surface area contributed by atoms with Gasteiger partial charge in [-0.2, -0.15) is 0 Å². The van der Waals surface area contributed by atoms with Crippen LogP contribution in [0.2, 0.25) is 0 Å². The number of hydrogen-bond acceptors (Lipinski definition) is 2. The van der Waals surface area contributed by atoms with Gasteiger partial charge in [-0.3, -0.25) is 4.79 Å². The van der Waals surface area contributed by atoms with Crippen LogP contribution < -0.4 is 11.2 Å². The molecule has 0 bridgehead atoms. The minimum atomic E-state index is -0.648. The normalized spacial score (nSPS) is 11.7. The number of nitrogens with two attached hydrogens (primary N) is 1. The first kappa shape index (κ1) is 14.5. The first-order valence-electron chi connectivity index (χ1n) is 6.80. The number of aryl methyl sites for hydroxylation is 3. The first-order valence-corrected chi connectivity index (χ1v) is 6.80. The maximum atomic E-state index is 12.1. The van der Waals surface area contributed by atoms with Gasteiger partial charge in [0.25, 0.3) is 0 Å². The van der Waals surface area contributed by atoms with E-state index in [-0.39, 0.29) is 5.43 Å². The molecule has 106 valence electrons. The summed E-state index contributed by atoms with van der Waals surface area (Å²) in [6, 6.07) is 7.95. The Morgan fingerprint density at radius 2 is 1.75 bits per heavy atom. The molecule has 0 unspecified atom stereocenters. The lowest BCUT2D eigenvalue weighted by Gasteiger charge is -2.22. The minimum Gasteiger partial charge on any atom is -0.322 e. The molecule has 1 aromatic heterocycles. The van der Waals surface area contributed by atoms with Crippen molar-refractivity contribution >= 4 is 0 Å². The second-order valence-corrected chi connectivity index (χ2v) is 6.07. The molecule has 0 amide bonds. The Hall–Kier alpha value is -1.87. The molecule has 1 aromatic carbocycles. The third-order valence-corrected chi connectivity index (χ3v) is 3.55. The topological polar surface area (TPSA) is 48.0 Å². The van der Waals surface area contributed by atoms with Gasteiger partial charge >= 0.3 is 0 Å². The molecule has 0 aliphatic carbocycles. The molecule has 0 aliphatic rings. The summed E-state index contributed by atoms with van der Waals surface area (Å²) >= 11 is 0. The van der Waals surface area contributed by atoms with Crippen LogP contribution >= 0.6 is 0 Å². The standard InChI is InChI=1S/C17H22N2O/c1-11-6-7-15(12(2)8-11)19-10-14(17(4,5)18)16(20)9-13(19)3/h6-10H,18H2,1-5H3. The number of benzene rings is 1. The van der Waals surface area contributed by atoms with Gasteiger partial charge in [0.15, 0.2) is 5.43 Å². The average Bonchev–Trinajstić information content (AvgIpc) is 2.28. The number of rotatable bonds is 2. The molecule has 20 heavy (non-hydrogen) atoms. The van der Waals surface area contributed by atoms with Crippen molar-refractivity contribution in [1.29, 1.82) is 0 Å². The van der Waals surface area contributed by atoms with Crippen molar-refractivity contribution in [2.75, 3.05) is 0 Å². The summed E-state index contributed by atoms with van der Waals surface area (Å²) < 4.78 is 2.04. The fourth-order valence-electron chi connectivity index (χ4n) is 2.45. The van der Waals surface area contributed by atoms with Crippen molar-refractivity contribution < 1.29 is 0 Å². The molecular formula is C17H22N2O. The van der Waals surface area contributed by atoms with Gasteiger partial charge in [-0.25, -0.2) is 0 Å². The van der Waals surface area contributed by atoms with E-state index in [2.05, 4.69) is 32.0 Å². The van der Waals surface area contributed by atoms with Gasteiger partial charge < -0.3 is 10.3 Å². The van der Waals surface area contributed by atoms with Crippen molar-refractivity contribution in [2.45, 2.75) is 40.2 Å². The second kappa shape index (κ2) is 4.91. The third-order valence-electron chi connectivity index (χ3n) is 3.55. The molecule has 0 saturated carbocycles. The summed E-state index contributed by atoms with van der Waals surface area (Å²) in [5, 5.41) is 0. The molecule has 1 heterocycles. The van der Waals surface area contributed by atoms with E-state index in [1.54, 1.807) is 6.07 Å². The Labute approximate surface area is 120 Å². The molecule has 0 fully saturated rings. The zero-order chi connectivity index (χ0) is 15.1. The van der Waals surface area contributed by atoms with Crippen molar-refractivity contribution in [3.63, 3.8) is 0 Å². The molecule has 0 radical (unpaired) electrons. The Morgan fingerprint density at radius 1 is 1.10 bits per heavy atom. The summed E-state index contributed by atoms with van der Waals surface area (Å²) in [7, 11) is 0. The summed E-state index contributed by atoms with van der Waals surface area (Å²) in [4.78, 5) is 12.1. The van der Waals surface area contributed by atoms with Crippen LogP contribution in [0.4, 0.5) is 0 Å². The highest BCUT2D eigenvalue weighted by Crippen LogP contribution is 2.20. The Morgan fingerprint density at radius 3 is 2.30 bits per heavy atom. The van der Waals surface area contributed by atoms with E-state index in [0.29, 0.717) is 5.56 Å². The van der Waals surface area contributed by atoms with Crippen molar-refractivity contribution in [3.05, 3.63) is 63.1 Å². The van der Waals surface area contributed by atoms with E-state index in [0.717, 1.165) is 11.4 Å². The second-order valence-electron chi connectivity index (χ2n) is 6.07. The summed E-state index contributed by atoms with van der Waals surface area (Å²) in [6.45, 7) is 9.79. The van der Waals surface area contributed by atoms with Crippen LogP contribution in [-0.2, 0) is 5.54 Å². The van der Waals surface area contributed by atoms with Crippen LogP contribution in [0, 0.1) is 20.8 Å². The summed E-state index contributed by atoms with van der Waals surface area (Å²) in [6.07, 6.45) is 1.87. The Balaban J connectivity index is 2.72. The van der Waals surface area contributed by atoms with Crippen LogP contribution in [0.15, 0.2) is 35.3 Å². The zero-order valence-electron chi connectivity index (χ0n) is 12.8. The van der Waals surface area contributed by atoms with Gasteiger partial charge in [-0.1, -0.05) is 17.7 Å². The van der Waals surface area contributed by atoms with E-state index in [1.165, 1.54) is 11.1 Å². The van der Waals surface area contributed by atoms with Crippen molar-refractivity contribution in [3.8, 4) is 5.69 Å². The lowest BCUT2D eigenvalue weighted by molar-refractivity contribution is 0.544. The van der Waals surface area contributed by atoms with E-state index in [1.807, 2.05) is 31.5 Å². The van der Waals surface area contributed by atoms with Gasteiger partial charge in [-0.05, 0) is 46.2 Å². The van der Waals surface area contributed by atoms with Gasteiger partial charge in [0, 0.05) is 34.7 Å². The van der Waals surface area contributed by atoms with Gasteiger partial charge in [0.05, 0.1) is 0 Å². The van der Waals surface area contributed by atoms with E-state index in [9.17, 15) is 4.79 Å². The summed E-state index contributed by atoms with van der Waals surface area (Å²) in [5.41, 5.74) is 10.5. The molecule has 0 atom stereocenters. The monoisotopic (exact) mass is 270 g/mol. The van der Waals surface area contributed by atoms with Crippen molar-refractivity contribution in [2.24, 2.45) is 5.73 Å². The zero-order valence-corrected chi connectivity index (χ0v) is 12.8. The lowest BCUT2D eigenvalue weighted by atomic mass is 9.96. The highest BCUT2D eigenvalue weighted by atomic mass is 16.1. The quantitative estimate of drug-likeness (QED) is 0.912. The highest BCUT2D eigenvalue weighted by Gasteiger charge is 2.19. The van der Waals surface area contributed by atoms with Crippen LogP contribution in [0.25, 0.3) is 5.69 Å². The summed E-state index contributed by atoms with van der Waals surface area (Å²) in [5.74, 6) is 0. The van der Waals surface area contributed by atoms with Crippen LogP contribution in [0.3, 0.4) is 0 Å². The van der Waals surface area contributed by atoms with Crippen LogP contribution in [0.5, 0.6) is 0 Å². The Bertz CT molecular complexity index is 706. The van der Waals surface area contributed by atoms with Crippen molar-refractivity contribution in [1.82, 2.24) is 4.57 Å². The van der Waals surface area contributed by atoms with E-state index < -0.39 is 5.54 Å². The van der Waals surface area contributed by atoms with Gasteiger partial charge in [0.2, 0.25) is 0 Å². The number of hydrogen-bond donors (Lipinski definition) is 1. The minimum absolute atomic E-state index is 0.00369. The third kappa shape index (κ3) is 2.68. The largest absolute Gasteiger partial charge is 0.322 e. The molecule has 3 heteroatoms. The van der Waals surface area contributed by atoms with E-state index >= 15 is 0 Å². The highest BCUT2D eigenvalue weighted by molar-refractivity contribution is 5.44. The maximum absolute atomic E-state index is 12.1. The van der Waals surface area contributed by atoms with Gasteiger partial charge in [0.1, 0.15) is 0 Å². The van der Waals surface area contributed by atoms with E-state index in [4.69, 9.17) is 5.73 Å². The number of nitrogens with zero attached hydrogens (tertiary/aromatic N) is 1. The molecule has 2 rings (SSSR count). The number of pyridine rings is 1. The Kier molecular flexibility index (Phi) is 3.57.